The Balaban J connectivity index is 2.44. The number of benzene rings is 1. The largest absolute Gasteiger partial charge is 0.462 e. The summed E-state index contributed by atoms with van der Waals surface area (Å²) in [6.45, 7) is 9.01. The number of anilines is 1. The van der Waals surface area contributed by atoms with E-state index in [0.717, 1.165) is 10.4 Å². The van der Waals surface area contributed by atoms with Crippen molar-refractivity contribution in [2.24, 2.45) is 0 Å². The van der Waals surface area contributed by atoms with Crippen LogP contribution in [0.2, 0.25) is 5.02 Å². The lowest BCUT2D eigenvalue weighted by atomic mass is 10.1. The van der Waals surface area contributed by atoms with Crippen LogP contribution in [0, 0.1) is 13.8 Å². The highest BCUT2D eigenvalue weighted by molar-refractivity contribution is 7.89. The number of hydrogen-bond donors (Lipinski definition) is 1. The molecule has 0 aliphatic carbocycles. The first-order valence-electron chi connectivity index (χ1n) is 9.27. The minimum Gasteiger partial charge on any atom is -0.462 e. The lowest BCUT2D eigenvalue weighted by molar-refractivity contribution is 0.0527. The van der Waals surface area contributed by atoms with Gasteiger partial charge in [-0.25, -0.2) is 13.2 Å². The van der Waals surface area contributed by atoms with Crippen molar-refractivity contribution in [3.63, 3.8) is 0 Å². The normalized spacial score (nSPS) is 11.8. The Morgan fingerprint density at radius 2 is 1.90 bits per heavy atom. The highest BCUT2D eigenvalue weighted by atomic mass is 35.5. The molecule has 0 saturated heterocycles. The minimum absolute atomic E-state index is 0.00610. The molecular formula is C20H25ClN2O5S2. The Bertz CT molecular complexity index is 1080. The van der Waals surface area contributed by atoms with E-state index in [1.165, 1.54) is 40.9 Å². The average Bonchev–Trinajstić information content (AvgIpc) is 2.94. The molecule has 0 unspecified atom stereocenters. The number of ether oxygens (including phenoxy) is 1. The summed E-state index contributed by atoms with van der Waals surface area (Å²) in [6, 6.07) is 3.71. The van der Waals surface area contributed by atoms with E-state index >= 15 is 0 Å². The molecule has 0 aliphatic rings. The third-order valence-corrected chi connectivity index (χ3v) is 8.16. The number of carbonyl (C=O) groups excluding carboxylic acids is 2. The van der Waals surface area contributed by atoms with Gasteiger partial charge in [0.2, 0.25) is 10.0 Å². The molecule has 0 fully saturated rings. The van der Waals surface area contributed by atoms with Crippen LogP contribution in [0.1, 0.15) is 51.9 Å². The molecule has 0 bridgehead atoms. The highest BCUT2D eigenvalue weighted by Gasteiger charge is 2.26. The maximum atomic E-state index is 12.9. The first-order chi connectivity index (χ1) is 13.9. The number of nitrogens with one attached hydrogen (secondary N) is 1. The molecule has 0 aliphatic heterocycles. The second kappa shape index (κ2) is 9.47. The zero-order valence-electron chi connectivity index (χ0n) is 17.7. The number of nitrogens with zero attached hydrogens (tertiary/aromatic N) is 1. The van der Waals surface area contributed by atoms with Crippen LogP contribution < -0.4 is 5.32 Å². The third-order valence-electron chi connectivity index (χ3n) is 4.68. The molecule has 10 heteroatoms. The van der Waals surface area contributed by atoms with Gasteiger partial charge in [-0.15, -0.1) is 11.3 Å². The van der Waals surface area contributed by atoms with Crippen LogP contribution in [0.3, 0.4) is 0 Å². The van der Waals surface area contributed by atoms with Gasteiger partial charge in [-0.2, -0.15) is 4.31 Å². The summed E-state index contributed by atoms with van der Waals surface area (Å²) in [5.74, 6) is -1.15. The van der Waals surface area contributed by atoms with E-state index in [9.17, 15) is 18.0 Å². The van der Waals surface area contributed by atoms with Crippen LogP contribution in [0.15, 0.2) is 23.1 Å². The van der Waals surface area contributed by atoms with Crippen LogP contribution >= 0.6 is 22.9 Å². The first kappa shape index (κ1) is 24.3. The van der Waals surface area contributed by atoms with E-state index in [-0.39, 0.29) is 33.7 Å². The summed E-state index contributed by atoms with van der Waals surface area (Å²) in [4.78, 5) is 26.1. The van der Waals surface area contributed by atoms with Gasteiger partial charge < -0.3 is 10.1 Å². The Morgan fingerprint density at radius 1 is 1.27 bits per heavy atom. The molecule has 7 nitrogen and oxygen atoms in total. The van der Waals surface area contributed by atoms with Crippen LogP contribution in [-0.4, -0.2) is 44.3 Å². The van der Waals surface area contributed by atoms with Gasteiger partial charge in [0.05, 0.1) is 27.7 Å². The lowest BCUT2D eigenvalue weighted by Gasteiger charge is -2.21. The van der Waals surface area contributed by atoms with Crippen molar-refractivity contribution in [3.8, 4) is 0 Å². The predicted octanol–water partition coefficient (Wildman–Crippen LogP) is 4.48. The van der Waals surface area contributed by atoms with Gasteiger partial charge in [0.15, 0.2) is 0 Å². The van der Waals surface area contributed by atoms with E-state index in [1.807, 2.05) is 6.92 Å². The number of thiophene rings is 1. The Kier molecular flexibility index (Phi) is 7.68. The molecule has 2 rings (SSSR count). The molecular weight excluding hydrogens is 448 g/mol. The van der Waals surface area contributed by atoms with Gasteiger partial charge in [0, 0.05) is 18.0 Å². The predicted molar refractivity (Wildman–Crippen MR) is 119 cm³/mol. The number of aryl methyl sites for hydroxylation is 1. The van der Waals surface area contributed by atoms with E-state index in [4.69, 9.17) is 16.3 Å². The fourth-order valence-electron chi connectivity index (χ4n) is 2.62. The number of sulfonamides is 1. The molecule has 2 aromatic rings. The molecule has 1 heterocycles. The summed E-state index contributed by atoms with van der Waals surface area (Å²) >= 11 is 7.42. The topological polar surface area (TPSA) is 92.8 Å². The first-order valence-corrected chi connectivity index (χ1v) is 11.9. The molecule has 1 amide bonds. The average molecular weight is 473 g/mol. The maximum absolute atomic E-state index is 12.9. The van der Waals surface area contributed by atoms with Gasteiger partial charge in [-0.3, -0.25) is 4.79 Å². The molecule has 1 aromatic heterocycles. The van der Waals surface area contributed by atoms with Gasteiger partial charge in [0.1, 0.15) is 5.00 Å². The van der Waals surface area contributed by atoms with Crippen LogP contribution in [-0.2, 0) is 14.8 Å². The molecule has 30 heavy (non-hydrogen) atoms. The summed E-state index contributed by atoms with van der Waals surface area (Å²) in [7, 11) is -2.32. The summed E-state index contributed by atoms with van der Waals surface area (Å²) < 4.78 is 31.8. The van der Waals surface area contributed by atoms with Crippen molar-refractivity contribution in [2.45, 2.75) is 45.6 Å². The second-order valence-corrected chi connectivity index (χ2v) is 10.5. The van der Waals surface area contributed by atoms with Crippen LogP contribution in [0.5, 0.6) is 0 Å². The van der Waals surface area contributed by atoms with Crippen molar-refractivity contribution in [1.82, 2.24) is 4.31 Å². The monoisotopic (exact) mass is 472 g/mol. The summed E-state index contributed by atoms with van der Waals surface area (Å²) in [5, 5.41) is 3.11. The fraction of sp³-hybridized carbons (Fsp3) is 0.400. The van der Waals surface area contributed by atoms with E-state index in [1.54, 1.807) is 27.7 Å². The highest BCUT2D eigenvalue weighted by Crippen LogP contribution is 2.34. The van der Waals surface area contributed by atoms with E-state index in [0.29, 0.717) is 5.00 Å². The zero-order valence-corrected chi connectivity index (χ0v) is 20.1. The quantitative estimate of drug-likeness (QED) is 0.600. The smallest absolute Gasteiger partial charge is 0.341 e. The van der Waals surface area contributed by atoms with Gasteiger partial charge in [-0.1, -0.05) is 11.6 Å². The number of carbonyl (C=O) groups is 2. The molecule has 1 N–H and O–H groups in total. The lowest BCUT2D eigenvalue weighted by Crippen LogP contribution is -2.33. The van der Waals surface area contributed by atoms with Crippen LogP contribution in [0.4, 0.5) is 5.00 Å². The number of esters is 1. The molecule has 1 aromatic carbocycles. The summed E-state index contributed by atoms with van der Waals surface area (Å²) in [5.41, 5.74) is 0.996. The molecule has 164 valence electrons. The minimum atomic E-state index is -3.79. The fourth-order valence-corrected chi connectivity index (χ4v) is 5.26. The Labute approximate surface area is 186 Å². The van der Waals surface area contributed by atoms with Crippen molar-refractivity contribution < 1.29 is 22.7 Å². The SMILES string of the molecule is CCOC(=O)c1c(NC(=O)c2cc(S(=O)(=O)N(C)C(C)C)ccc2Cl)sc(C)c1C. The van der Waals surface area contributed by atoms with Crippen molar-refractivity contribution in [1.29, 1.82) is 0 Å². The van der Waals surface area contributed by atoms with Crippen molar-refractivity contribution in [2.75, 3.05) is 19.0 Å². The Morgan fingerprint density at radius 3 is 2.47 bits per heavy atom. The molecule has 0 saturated carbocycles. The van der Waals surface area contributed by atoms with Crippen molar-refractivity contribution >= 4 is 49.8 Å². The van der Waals surface area contributed by atoms with Gasteiger partial charge >= 0.3 is 5.97 Å². The van der Waals surface area contributed by atoms with Crippen LogP contribution in [0.25, 0.3) is 0 Å². The maximum Gasteiger partial charge on any atom is 0.341 e. The van der Waals surface area contributed by atoms with E-state index < -0.39 is 21.9 Å². The number of rotatable bonds is 7. The number of halogens is 1. The van der Waals surface area contributed by atoms with Gasteiger partial charge in [0.25, 0.3) is 5.91 Å². The van der Waals surface area contributed by atoms with E-state index in [2.05, 4.69) is 5.32 Å². The summed E-state index contributed by atoms with van der Waals surface area (Å²) in [6.07, 6.45) is 0. The Hall–Kier alpha value is -1.94. The molecule has 0 radical (unpaired) electrons. The second-order valence-electron chi connectivity index (χ2n) is 6.92. The standard InChI is InChI=1S/C20H25ClN2O5S2/c1-7-28-20(25)17-12(4)13(5)29-19(17)22-18(24)15-10-14(8-9-16(15)21)30(26,27)23(6)11(2)3/h8-11H,7H2,1-6H3,(H,22,24). The van der Waals surface area contributed by atoms with Crippen molar-refractivity contribution in [3.05, 3.63) is 44.8 Å². The zero-order chi connectivity index (χ0) is 22.8. The molecule has 0 spiro atoms. The third kappa shape index (κ3) is 4.85. The van der Waals surface area contributed by atoms with Gasteiger partial charge in [-0.05, 0) is 58.4 Å². The number of amides is 1. The molecule has 0 atom stereocenters. The number of hydrogen-bond acceptors (Lipinski definition) is 6.